The molecule has 0 saturated heterocycles. The molecule has 4 rings (SSSR count). The van der Waals surface area contributed by atoms with Crippen LogP contribution in [0.3, 0.4) is 0 Å². The van der Waals surface area contributed by atoms with Crippen molar-refractivity contribution in [2.24, 2.45) is 0 Å². The van der Waals surface area contributed by atoms with E-state index in [9.17, 15) is 0 Å². The molecule has 90 valence electrons. The van der Waals surface area contributed by atoms with Crippen molar-refractivity contribution in [3.63, 3.8) is 0 Å². The first-order valence-electron chi connectivity index (χ1n) is 5.57. The van der Waals surface area contributed by atoms with E-state index in [1.54, 1.807) is 0 Å². The molecule has 0 saturated carbocycles. The Morgan fingerprint density at radius 1 is 0.444 bits per heavy atom. The van der Waals surface area contributed by atoms with E-state index in [1.165, 1.54) is 33.0 Å². The molecule has 3 aromatic carbocycles. The molecule has 0 unspecified atom stereocenters. The normalized spacial score (nSPS) is 10.4. The summed E-state index contributed by atoms with van der Waals surface area (Å²) in [6.45, 7) is 0. The van der Waals surface area contributed by atoms with Crippen LogP contribution >= 0.6 is 0 Å². The summed E-state index contributed by atoms with van der Waals surface area (Å²) in [6.07, 6.45) is 0. The lowest BCUT2D eigenvalue weighted by Crippen LogP contribution is -1.73. The molecule has 0 aromatic heterocycles. The number of hydrogen-bond acceptors (Lipinski definition) is 0. The van der Waals surface area contributed by atoms with Gasteiger partial charge in [0.05, 0.1) is 0 Å². The van der Waals surface area contributed by atoms with Crippen LogP contribution in [0.5, 0.6) is 0 Å². The predicted molar refractivity (Wildman–Crippen MR) is 81.8 cm³/mol. The Bertz CT molecular complexity index is 650. The van der Waals surface area contributed by atoms with Gasteiger partial charge in [-0.05, 0) is 33.0 Å². The molecule has 0 heterocycles. The van der Waals surface area contributed by atoms with Crippen LogP contribution < -0.4 is 0 Å². The Morgan fingerprint density at radius 2 is 0.889 bits per heavy atom. The van der Waals surface area contributed by atoms with Gasteiger partial charge < -0.3 is 0 Å². The maximum atomic E-state index is 2.22. The second-order valence-corrected chi connectivity index (χ2v) is 4.25. The molecule has 0 radical (unpaired) electrons. The summed E-state index contributed by atoms with van der Waals surface area (Å²) in [4.78, 5) is 0. The highest BCUT2D eigenvalue weighted by Crippen LogP contribution is 2.46. The molecule has 3 aromatic rings. The Hall–Kier alpha value is -2.08. The second kappa shape index (κ2) is 4.30. The minimum absolute atomic E-state index is 0. The summed E-state index contributed by atoms with van der Waals surface area (Å²) in [7, 11) is 0. The number of rotatable bonds is 0. The van der Waals surface area contributed by atoms with Crippen molar-refractivity contribution in [2.45, 2.75) is 14.9 Å². The second-order valence-electron chi connectivity index (χ2n) is 4.25. The van der Waals surface area contributed by atoms with Gasteiger partial charge in [-0.25, -0.2) is 0 Å². The Morgan fingerprint density at radius 3 is 1.39 bits per heavy atom. The van der Waals surface area contributed by atoms with Gasteiger partial charge in [0.2, 0.25) is 0 Å². The highest BCUT2D eigenvalue weighted by Gasteiger charge is 2.19. The van der Waals surface area contributed by atoms with Crippen LogP contribution in [-0.2, 0) is 0 Å². The van der Waals surface area contributed by atoms with Crippen molar-refractivity contribution in [1.29, 1.82) is 0 Å². The van der Waals surface area contributed by atoms with Crippen molar-refractivity contribution in [1.82, 2.24) is 0 Å². The largest absolute Gasteiger partial charge is 0.0776 e. The highest BCUT2D eigenvalue weighted by atomic mass is 14.2. The lowest BCUT2D eigenvalue weighted by Gasteiger charge is -2.00. The van der Waals surface area contributed by atoms with Gasteiger partial charge in [0.25, 0.3) is 0 Å². The fourth-order valence-corrected chi connectivity index (χ4v) is 2.74. The zero-order chi connectivity index (χ0) is 10.5. The highest BCUT2D eigenvalue weighted by molar-refractivity contribution is 6.15. The summed E-state index contributed by atoms with van der Waals surface area (Å²) in [5, 5.41) is 2.75. The van der Waals surface area contributed by atoms with E-state index in [0.717, 1.165) is 0 Å². The van der Waals surface area contributed by atoms with E-state index >= 15 is 0 Å². The van der Waals surface area contributed by atoms with Gasteiger partial charge in [0, 0.05) is 0 Å². The molecule has 0 nitrogen and oxygen atoms in total. The monoisotopic (exact) mass is 234 g/mol. The molecular weight excluding hydrogens is 216 g/mol. The molecule has 0 N–H and O–H groups in total. The van der Waals surface area contributed by atoms with Crippen molar-refractivity contribution < 1.29 is 0 Å². The lowest BCUT2D eigenvalue weighted by atomic mass is 10.0. The van der Waals surface area contributed by atoms with Crippen LogP contribution in [0, 0.1) is 0 Å². The van der Waals surface area contributed by atoms with Gasteiger partial charge in [-0.1, -0.05) is 75.5 Å². The van der Waals surface area contributed by atoms with Crippen LogP contribution in [0.15, 0.2) is 60.7 Å². The quantitative estimate of drug-likeness (QED) is 0.363. The van der Waals surface area contributed by atoms with Gasteiger partial charge in [0.1, 0.15) is 0 Å². The summed E-state index contributed by atoms with van der Waals surface area (Å²) < 4.78 is 0. The minimum Gasteiger partial charge on any atom is -0.0776 e. The smallest absolute Gasteiger partial charge is 0.00264 e. The maximum absolute atomic E-state index is 2.22. The van der Waals surface area contributed by atoms with E-state index in [1.807, 2.05) is 0 Å². The Labute approximate surface area is 109 Å². The average Bonchev–Trinajstić information content (AvgIpc) is 2.68. The molecule has 0 amide bonds. The van der Waals surface area contributed by atoms with E-state index in [-0.39, 0.29) is 14.9 Å². The van der Waals surface area contributed by atoms with Crippen LogP contribution in [0.2, 0.25) is 0 Å². The average molecular weight is 234 g/mol. The molecule has 0 atom stereocenters. The first-order chi connectivity index (χ1) is 7.95. The third kappa shape index (κ3) is 1.39. The summed E-state index contributed by atoms with van der Waals surface area (Å²) >= 11 is 0. The molecule has 0 bridgehead atoms. The van der Waals surface area contributed by atoms with E-state index in [0.29, 0.717) is 0 Å². The number of hydrogen-bond donors (Lipinski definition) is 0. The van der Waals surface area contributed by atoms with Gasteiger partial charge in [-0.2, -0.15) is 0 Å². The molecule has 18 heavy (non-hydrogen) atoms. The van der Waals surface area contributed by atoms with E-state index in [4.69, 9.17) is 0 Å². The summed E-state index contributed by atoms with van der Waals surface area (Å²) in [6, 6.07) is 21.8. The zero-order valence-electron chi connectivity index (χ0n) is 8.77. The van der Waals surface area contributed by atoms with E-state index in [2.05, 4.69) is 60.7 Å². The SMILES string of the molecule is C.C.c1ccc2c(c1)-c1cccc3cccc-2c13. The van der Waals surface area contributed by atoms with Crippen LogP contribution in [0.4, 0.5) is 0 Å². The Kier molecular flexibility index (Phi) is 2.96. The van der Waals surface area contributed by atoms with Crippen molar-refractivity contribution in [3.05, 3.63) is 60.7 Å². The third-order valence-corrected chi connectivity index (χ3v) is 3.41. The fourth-order valence-electron chi connectivity index (χ4n) is 2.74. The topological polar surface area (TPSA) is 0 Å². The molecule has 0 spiro atoms. The molecule has 0 aliphatic heterocycles. The van der Waals surface area contributed by atoms with Gasteiger partial charge in [-0.3, -0.25) is 0 Å². The summed E-state index contributed by atoms with van der Waals surface area (Å²) in [5.41, 5.74) is 5.50. The van der Waals surface area contributed by atoms with Crippen LogP contribution in [-0.4, -0.2) is 0 Å². The zero-order valence-corrected chi connectivity index (χ0v) is 8.77. The summed E-state index contributed by atoms with van der Waals surface area (Å²) in [5.74, 6) is 0. The minimum atomic E-state index is 0. The third-order valence-electron chi connectivity index (χ3n) is 3.41. The van der Waals surface area contributed by atoms with Crippen molar-refractivity contribution >= 4 is 10.8 Å². The Balaban J connectivity index is 0.000000602. The first kappa shape index (κ1) is 12.4. The first-order valence-corrected chi connectivity index (χ1v) is 5.57. The lowest BCUT2D eigenvalue weighted by molar-refractivity contribution is 1.70. The van der Waals surface area contributed by atoms with Crippen molar-refractivity contribution in [3.8, 4) is 22.3 Å². The number of fused-ring (bicyclic) bond motifs is 3. The van der Waals surface area contributed by atoms with Crippen LogP contribution in [0.1, 0.15) is 14.9 Å². The van der Waals surface area contributed by atoms with Gasteiger partial charge in [-0.15, -0.1) is 0 Å². The van der Waals surface area contributed by atoms with Crippen LogP contribution in [0.25, 0.3) is 33.0 Å². The molecule has 1 aliphatic rings. The fraction of sp³-hybridized carbons (Fsp3) is 0.111. The number of benzene rings is 3. The van der Waals surface area contributed by atoms with Gasteiger partial charge in [0.15, 0.2) is 0 Å². The van der Waals surface area contributed by atoms with E-state index < -0.39 is 0 Å². The molecule has 1 aliphatic carbocycles. The molecule has 0 heteroatoms. The van der Waals surface area contributed by atoms with Crippen molar-refractivity contribution in [2.75, 3.05) is 0 Å². The predicted octanol–water partition coefficient (Wildman–Crippen LogP) is 5.76. The molecule has 0 fully saturated rings. The molecular formula is C18H18. The van der Waals surface area contributed by atoms with Gasteiger partial charge >= 0.3 is 0 Å². The maximum Gasteiger partial charge on any atom is -0.00264 e. The standard InChI is InChI=1S/C16H10.2CH4/c1-2-8-13-12(7-1)14-9-3-5-11-6-4-10-15(13)16(11)14;;/h1-10H;2*1H4.